The molecule has 2 aliphatic heterocycles. The SMILES string of the molecule is CC(C)CC(=O)N1CCc2cc(S(=O)(=O)NC[C@@H]3CCCO3)ccc2C1. The second-order valence-electron chi connectivity index (χ2n) is 7.58. The molecule has 2 aliphatic rings. The number of nitrogens with one attached hydrogen (secondary N) is 1. The van der Waals surface area contributed by atoms with Gasteiger partial charge in [0.1, 0.15) is 0 Å². The topological polar surface area (TPSA) is 75.7 Å². The molecule has 0 radical (unpaired) electrons. The molecular formula is C19H28N2O4S. The number of rotatable bonds is 6. The van der Waals surface area contributed by atoms with Crippen molar-refractivity contribution in [2.45, 2.75) is 57.1 Å². The van der Waals surface area contributed by atoms with Gasteiger partial charge in [-0.15, -0.1) is 0 Å². The number of nitrogens with zero attached hydrogens (tertiary/aromatic N) is 1. The fourth-order valence-corrected chi connectivity index (χ4v) is 4.60. The van der Waals surface area contributed by atoms with Crippen LogP contribution in [0.5, 0.6) is 0 Å². The first-order chi connectivity index (χ1) is 12.3. The fraction of sp³-hybridized carbons (Fsp3) is 0.632. The van der Waals surface area contributed by atoms with Crippen molar-refractivity contribution < 1.29 is 17.9 Å². The smallest absolute Gasteiger partial charge is 0.240 e. The standard InChI is InChI=1S/C19H28N2O4S/c1-14(2)10-19(22)21-8-7-15-11-18(6-5-16(15)13-21)26(23,24)20-12-17-4-3-9-25-17/h5-6,11,14,17,20H,3-4,7-10,12-13H2,1-2H3/t17-/m0/s1. The average molecular weight is 381 g/mol. The van der Waals surface area contributed by atoms with Gasteiger partial charge in [0, 0.05) is 32.7 Å². The Morgan fingerprint density at radius 2 is 2.15 bits per heavy atom. The number of ether oxygens (including phenoxy) is 1. The highest BCUT2D eigenvalue weighted by Crippen LogP contribution is 2.23. The van der Waals surface area contributed by atoms with Crippen LogP contribution in [0.1, 0.15) is 44.2 Å². The molecule has 1 fully saturated rings. The summed E-state index contributed by atoms with van der Waals surface area (Å²) in [5.74, 6) is 0.506. The summed E-state index contributed by atoms with van der Waals surface area (Å²) >= 11 is 0. The van der Waals surface area contributed by atoms with Gasteiger partial charge in [0.05, 0.1) is 11.0 Å². The molecule has 26 heavy (non-hydrogen) atoms. The Morgan fingerprint density at radius 1 is 1.35 bits per heavy atom. The summed E-state index contributed by atoms with van der Waals surface area (Å²) in [7, 11) is -3.54. The summed E-state index contributed by atoms with van der Waals surface area (Å²) in [6, 6.07) is 5.22. The van der Waals surface area contributed by atoms with Gasteiger partial charge in [0.25, 0.3) is 0 Å². The van der Waals surface area contributed by atoms with Crippen LogP contribution in [0.4, 0.5) is 0 Å². The molecule has 1 atom stereocenters. The van der Waals surface area contributed by atoms with E-state index < -0.39 is 10.0 Å². The average Bonchev–Trinajstić information content (AvgIpc) is 3.12. The monoisotopic (exact) mass is 380 g/mol. The molecule has 0 unspecified atom stereocenters. The molecule has 1 amide bonds. The second kappa shape index (κ2) is 8.06. The van der Waals surface area contributed by atoms with Crippen LogP contribution in [0.25, 0.3) is 0 Å². The number of hydrogen-bond donors (Lipinski definition) is 1. The van der Waals surface area contributed by atoms with E-state index in [4.69, 9.17) is 4.74 Å². The van der Waals surface area contributed by atoms with Crippen molar-refractivity contribution >= 4 is 15.9 Å². The minimum atomic E-state index is -3.54. The van der Waals surface area contributed by atoms with E-state index >= 15 is 0 Å². The Morgan fingerprint density at radius 3 is 2.85 bits per heavy atom. The summed E-state index contributed by atoms with van der Waals surface area (Å²) in [6.07, 6.45) is 3.09. The zero-order valence-electron chi connectivity index (χ0n) is 15.5. The van der Waals surface area contributed by atoms with Gasteiger partial charge in [0.15, 0.2) is 0 Å². The lowest BCUT2D eigenvalue weighted by atomic mass is 9.99. The van der Waals surface area contributed by atoms with E-state index in [1.807, 2.05) is 24.8 Å². The van der Waals surface area contributed by atoms with Crippen LogP contribution in [-0.2, 0) is 32.5 Å². The van der Waals surface area contributed by atoms with Crippen molar-refractivity contribution in [3.8, 4) is 0 Å². The quantitative estimate of drug-likeness (QED) is 0.820. The summed E-state index contributed by atoms with van der Waals surface area (Å²) in [4.78, 5) is 14.4. The summed E-state index contributed by atoms with van der Waals surface area (Å²) in [6.45, 7) is 6.30. The lowest BCUT2D eigenvalue weighted by Gasteiger charge is -2.29. The minimum Gasteiger partial charge on any atom is -0.377 e. The van der Waals surface area contributed by atoms with Gasteiger partial charge in [-0.25, -0.2) is 13.1 Å². The second-order valence-corrected chi connectivity index (χ2v) is 9.35. The predicted molar refractivity (Wildman–Crippen MR) is 99.2 cm³/mol. The number of fused-ring (bicyclic) bond motifs is 1. The minimum absolute atomic E-state index is 0.0251. The molecule has 0 saturated carbocycles. The van der Waals surface area contributed by atoms with Gasteiger partial charge < -0.3 is 9.64 Å². The molecule has 1 saturated heterocycles. The molecule has 144 valence electrons. The van der Waals surface area contributed by atoms with Crippen molar-refractivity contribution in [3.05, 3.63) is 29.3 Å². The van der Waals surface area contributed by atoms with Crippen LogP contribution in [0.15, 0.2) is 23.1 Å². The van der Waals surface area contributed by atoms with Crippen molar-refractivity contribution in [1.29, 1.82) is 0 Å². The highest BCUT2D eigenvalue weighted by atomic mass is 32.2. The van der Waals surface area contributed by atoms with Crippen molar-refractivity contribution in [2.75, 3.05) is 19.7 Å². The first-order valence-corrected chi connectivity index (χ1v) is 10.8. The normalized spacial score (nSPS) is 20.4. The Hall–Kier alpha value is -1.44. The van der Waals surface area contributed by atoms with Crippen LogP contribution < -0.4 is 4.72 Å². The van der Waals surface area contributed by atoms with Gasteiger partial charge >= 0.3 is 0 Å². The van der Waals surface area contributed by atoms with Gasteiger partial charge in [-0.2, -0.15) is 0 Å². The highest BCUT2D eigenvalue weighted by molar-refractivity contribution is 7.89. The third-order valence-corrected chi connectivity index (χ3v) is 6.38. The van der Waals surface area contributed by atoms with Crippen molar-refractivity contribution in [1.82, 2.24) is 9.62 Å². The summed E-state index contributed by atoms with van der Waals surface area (Å²) < 4.78 is 33.2. The third kappa shape index (κ3) is 4.64. The van der Waals surface area contributed by atoms with E-state index in [0.717, 1.165) is 24.0 Å². The number of benzene rings is 1. The van der Waals surface area contributed by atoms with E-state index in [-0.39, 0.29) is 16.9 Å². The van der Waals surface area contributed by atoms with Crippen LogP contribution in [0.2, 0.25) is 0 Å². The zero-order valence-corrected chi connectivity index (χ0v) is 16.3. The van der Waals surface area contributed by atoms with E-state index in [9.17, 15) is 13.2 Å². The Labute approximate surface area is 156 Å². The Bertz CT molecular complexity index is 755. The van der Waals surface area contributed by atoms with Crippen LogP contribution in [0.3, 0.4) is 0 Å². The van der Waals surface area contributed by atoms with E-state index in [2.05, 4.69) is 4.72 Å². The van der Waals surface area contributed by atoms with Crippen LogP contribution in [-0.4, -0.2) is 45.0 Å². The van der Waals surface area contributed by atoms with E-state index in [0.29, 0.717) is 45.0 Å². The number of carbonyl (C=O) groups excluding carboxylic acids is 1. The first kappa shape index (κ1) is 19.3. The third-order valence-electron chi connectivity index (χ3n) is 4.96. The van der Waals surface area contributed by atoms with Crippen molar-refractivity contribution in [2.24, 2.45) is 5.92 Å². The molecule has 7 heteroatoms. The number of hydrogen-bond acceptors (Lipinski definition) is 4. The Kier molecular flexibility index (Phi) is 5.99. The molecule has 0 bridgehead atoms. The molecule has 1 aromatic rings. The number of sulfonamides is 1. The zero-order chi connectivity index (χ0) is 18.7. The fourth-order valence-electron chi connectivity index (χ4n) is 3.48. The number of carbonyl (C=O) groups is 1. The molecule has 6 nitrogen and oxygen atoms in total. The van der Waals surface area contributed by atoms with E-state index in [1.54, 1.807) is 12.1 Å². The largest absolute Gasteiger partial charge is 0.377 e. The molecule has 1 N–H and O–H groups in total. The first-order valence-electron chi connectivity index (χ1n) is 9.36. The van der Waals surface area contributed by atoms with Gasteiger partial charge in [0.2, 0.25) is 15.9 Å². The maximum atomic E-state index is 12.5. The number of amides is 1. The Balaban J connectivity index is 1.66. The highest BCUT2D eigenvalue weighted by Gasteiger charge is 2.24. The summed E-state index contributed by atoms with van der Waals surface area (Å²) in [5.41, 5.74) is 2.05. The van der Waals surface area contributed by atoms with Crippen molar-refractivity contribution in [3.63, 3.8) is 0 Å². The molecule has 0 spiro atoms. The maximum Gasteiger partial charge on any atom is 0.240 e. The molecule has 1 aromatic carbocycles. The van der Waals surface area contributed by atoms with Gasteiger partial charge in [-0.1, -0.05) is 19.9 Å². The maximum absolute atomic E-state index is 12.5. The molecule has 2 heterocycles. The molecular weight excluding hydrogens is 352 g/mol. The predicted octanol–water partition coefficient (Wildman–Crippen LogP) is 2.07. The lowest BCUT2D eigenvalue weighted by molar-refractivity contribution is -0.132. The van der Waals surface area contributed by atoms with Crippen LogP contribution >= 0.6 is 0 Å². The summed E-state index contributed by atoms with van der Waals surface area (Å²) in [5, 5.41) is 0. The molecule has 0 aliphatic carbocycles. The molecule has 3 rings (SSSR count). The van der Waals surface area contributed by atoms with Gasteiger partial charge in [-0.3, -0.25) is 4.79 Å². The van der Waals surface area contributed by atoms with E-state index in [1.165, 1.54) is 0 Å². The van der Waals surface area contributed by atoms with Crippen LogP contribution in [0, 0.1) is 5.92 Å². The van der Waals surface area contributed by atoms with Gasteiger partial charge in [-0.05, 0) is 48.4 Å². The lowest BCUT2D eigenvalue weighted by Crippen LogP contribution is -2.36. The molecule has 0 aromatic heterocycles.